The number of anilines is 2. The second kappa shape index (κ2) is 7.53. The van der Waals surface area contributed by atoms with E-state index in [1.54, 1.807) is 18.2 Å². The number of carbonyl (C=O) groups is 1. The Morgan fingerprint density at radius 1 is 1.20 bits per heavy atom. The molecular formula is C19H21FN2O3. The van der Waals surface area contributed by atoms with Crippen molar-refractivity contribution in [1.82, 2.24) is 0 Å². The van der Waals surface area contributed by atoms with Gasteiger partial charge < -0.3 is 20.1 Å². The summed E-state index contributed by atoms with van der Waals surface area (Å²) in [6.07, 6.45) is 1.29. The molecule has 3 rings (SSSR count). The van der Waals surface area contributed by atoms with Crippen molar-refractivity contribution in [2.45, 2.75) is 18.9 Å². The maximum absolute atomic E-state index is 13.7. The number of nitrogens with one attached hydrogen (secondary N) is 1. The molecule has 1 saturated heterocycles. The summed E-state index contributed by atoms with van der Waals surface area (Å²) in [6, 6.07) is 11.6. The minimum atomic E-state index is -0.525. The Morgan fingerprint density at radius 2 is 1.88 bits per heavy atom. The number of amides is 1. The molecule has 0 radical (unpaired) electrons. The van der Waals surface area contributed by atoms with Crippen molar-refractivity contribution in [3.63, 3.8) is 0 Å². The summed E-state index contributed by atoms with van der Waals surface area (Å²) in [5.41, 5.74) is 1.90. The van der Waals surface area contributed by atoms with Crippen LogP contribution >= 0.6 is 0 Å². The highest BCUT2D eigenvalue weighted by atomic mass is 19.1. The molecule has 1 heterocycles. The molecule has 0 saturated carbocycles. The number of ether oxygens (including phenoxy) is 1. The fourth-order valence-electron chi connectivity index (χ4n) is 2.90. The van der Waals surface area contributed by atoms with Crippen LogP contribution in [0.2, 0.25) is 0 Å². The molecule has 0 spiro atoms. The van der Waals surface area contributed by atoms with E-state index in [9.17, 15) is 14.3 Å². The number of hydrogen-bond donors (Lipinski definition) is 2. The van der Waals surface area contributed by atoms with Gasteiger partial charge >= 0.3 is 0 Å². The Morgan fingerprint density at radius 3 is 2.48 bits per heavy atom. The normalized spacial score (nSPS) is 15.1. The van der Waals surface area contributed by atoms with E-state index in [0.29, 0.717) is 11.3 Å². The molecule has 2 aromatic rings. The molecule has 2 N–H and O–H groups in total. The van der Waals surface area contributed by atoms with E-state index in [0.717, 1.165) is 31.6 Å². The van der Waals surface area contributed by atoms with Gasteiger partial charge in [-0.15, -0.1) is 0 Å². The van der Waals surface area contributed by atoms with Crippen molar-refractivity contribution in [3.05, 3.63) is 53.8 Å². The molecule has 0 aliphatic carbocycles. The lowest BCUT2D eigenvalue weighted by atomic mass is 10.1. The SMILES string of the molecule is COc1ccc(NC(=O)c2ccc(N3CCC(O)CC3)cc2)cc1F. The first-order chi connectivity index (χ1) is 12.1. The van der Waals surface area contributed by atoms with Crippen LogP contribution in [-0.4, -0.2) is 37.3 Å². The van der Waals surface area contributed by atoms with E-state index in [-0.39, 0.29) is 17.8 Å². The maximum Gasteiger partial charge on any atom is 0.255 e. The Kier molecular flexibility index (Phi) is 5.19. The quantitative estimate of drug-likeness (QED) is 0.895. The average molecular weight is 344 g/mol. The summed E-state index contributed by atoms with van der Waals surface area (Å²) in [6.45, 7) is 1.61. The Hall–Kier alpha value is -2.60. The molecule has 0 aromatic heterocycles. The van der Waals surface area contributed by atoms with Crippen LogP contribution < -0.4 is 15.0 Å². The first-order valence-corrected chi connectivity index (χ1v) is 8.25. The van der Waals surface area contributed by atoms with Crippen molar-refractivity contribution in [3.8, 4) is 5.75 Å². The maximum atomic E-state index is 13.7. The van der Waals surface area contributed by atoms with Crippen molar-refractivity contribution in [2.24, 2.45) is 0 Å². The number of piperidine rings is 1. The van der Waals surface area contributed by atoms with E-state index in [1.165, 1.54) is 19.2 Å². The van der Waals surface area contributed by atoms with Gasteiger partial charge in [0.05, 0.1) is 13.2 Å². The summed E-state index contributed by atoms with van der Waals surface area (Å²) in [4.78, 5) is 14.5. The summed E-state index contributed by atoms with van der Waals surface area (Å²) in [5.74, 6) is -0.692. The highest BCUT2D eigenvalue weighted by Gasteiger charge is 2.17. The fraction of sp³-hybridized carbons (Fsp3) is 0.316. The Labute approximate surface area is 146 Å². The standard InChI is InChI=1S/C19H21FN2O3/c1-25-18-7-4-14(12-17(18)20)21-19(24)13-2-5-15(6-3-13)22-10-8-16(23)9-11-22/h2-7,12,16,23H,8-11H2,1H3,(H,21,24). The van der Waals surface area contributed by atoms with Crippen LogP contribution in [0.25, 0.3) is 0 Å². The molecule has 25 heavy (non-hydrogen) atoms. The van der Waals surface area contributed by atoms with Crippen molar-refractivity contribution >= 4 is 17.3 Å². The number of nitrogens with zero attached hydrogens (tertiary/aromatic N) is 1. The first-order valence-electron chi connectivity index (χ1n) is 8.25. The van der Waals surface area contributed by atoms with Gasteiger partial charge in [-0.05, 0) is 49.2 Å². The summed E-state index contributed by atoms with van der Waals surface area (Å²) >= 11 is 0. The zero-order chi connectivity index (χ0) is 17.8. The average Bonchev–Trinajstić information content (AvgIpc) is 2.63. The topological polar surface area (TPSA) is 61.8 Å². The van der Waals surface area contributed by atoms with E-state index < -0.39 is 5.82 Å². The molecule has 0 bridgehead atoms. The zero-order valence-electron chi connectivity index (χ0n) is 14.0. The Balaban J connectivity index is 1.65. The summed E-state index contributed by atoms with van der Waals surface area (Å²) < 4.78 is 18.5. The third-order valence-electron chi connectivity index (χ3n) is 4.37. The highest BCUT2D eigenvalue weighted by molar-refractivity contribution is 6.04. The van der Waals surface area contributed by atoms with E-state index in [1.807, 2.05) is 12.1 Å². The van der Waals surface area contributed by atoms with Gasteiger partial charge in [-0.1, -0.05) is 0 Å². The zero-order valence-corrected chi connectivity index (χ0v) is 14.0. The number of halogens is 1. The van der Waals surface area contributed by atoms with Crippen LogP contribution in [0.15, 0.2) is 42.5 Å². The summed E-state index contributed by atoms with van der Waals surface area (Å²) in [5, 5.41) is 12.2. The van der Waals surface area contributed by atoms with E-state index in [2.05, 4.69) is 10.2 Å². The van der Waals surface area contributed by atoms with Crippen molar-refractivity contribution in [2.75, 3.05) is 30.4 Å². The van der Waals surface area contributed by atoms with Crippen molar-refractivity contribution < 1.29 is 19.0 Å². The van der Waals surface area contributed by atoms with Gasteiger partial charge in [0.25, 0.3) is 5.91 Å². The Bertz CT molecular complexity index is 741. The number of rotatable bonds is 4. The molecule has 1 aliphatic heterocycles. The molecule has 0 atom stereocenters. The van der Waals surface area contributed by atoms with Crippen LogP contribution in [-0.2, 0) is 0 Å². The molecule has 1 amide bonds. The third-order valence-corrected chi connectivity index (χ3v) is 4.37. The molecule has 1 fully saturated rings. The lowest BCUT2D eigenvalue weighted by Crippen LogP contribution is -2.35. The monoisotopic (exact) mass is 344 g/mol. The minimum absolute atomic E-state index is 0.133. The number of aliphatic hydroxyl groups excluding tert-OH is 1. The lowest BCUT2D eigenvalue weighted by Gasteiger charge is -2.31. The van der Waals surface area contributed by atoms with E-state index in [4.69, 9.17) is 4.74 Å². The van der Waals surface area contributed by atoms with Crippen molar-refractivity contribution in [1.29, 1.82) is 0 Å². The third kappa shape index (κ3) is 4.09. The number of carbonyl (C=O) groups excluding carboxylic acids is 1. The predicted molar refractivity (Wildman–Crippen MR) is 94.8 cm³/mol. The lowest BCUT2D eigenvalue weighted by molar-refractivity contribution is 0.102. The molecule has 2 aromatic carbocycles. The molecule has 1 aliphatic rings. The second-order valence-electron chi connectivity index (χ2n) is 6.07. The van der Waals surface area contributed by atoms with E-state index >= 15 is 0 Å². The smallest absolute Gasteiger partial charge is 0.255 e. The van der Waals surface area contributed by atoms with Gasteiger partial charge in [0.15, 0.2) is 11.6 Å². The van der Waals surface area contributed by atoms with Gasteiger partial charge in [0.1, 0.15) is 0 Å². The summed E-state index contributed by atoms with van der Waals surface area (Å²) in [7, 11) is 1.39. The van der Waals surface area contributed by atoms with Gasteiger partial charge in [-0.25, -0.2) is 4.39 Å². The van der Waals surface area contributed by atoms with Crippen LogP contribution in [0, 0.1) is 5.82 Å². The second-order valence-corrected chi connectivity index (χ2v) is 6.07. The largest absolute Gasteiger partial charge is 0.494 e. The molecule has 6 heteroatoms. The van der Waals surface area contributed by atoms with Gasteiger partial charge in [0.2, 0.25) is 0 Å². The minimum Gasteiger partial charge on any atom is -0.494 e. The van der Waals surface area contributed by atoms with Crippen LogP contribution in [0.3, 0.4) is 0 Å². The van der Waals surface area contributed by atoms with Crippen LogP contribution in [0.1, 0.15) is 23.2 Å². The predicted octanol–water partition coefficient (Wildman–Crippen LogP) is 3.05. The fourth-order valence-corrected chi connectivity index (χ4v) is 2.90. The number of hydrogen-bond acceptors (Lipinski definition) is 4. The van der Waals surface area contributed by atoms with Gasteiger partial charge in [-0.3, -0.25) is 4.79 Å². The molecular weight excluding hydrogens is 323 g/mol. The number of methoxy groups -OCH3 is 1. The number of benzene rings is 2. The van der Waals surface area contributed by atoms with Crippen LogP contribution in [0.5, 0.6) is 5.75 Å². The highest BCUT2D eigenvalue weighted by Crippen LogP contribution is 2.23. The first kappa shape index (κ1) is 17.2. The van der Waals surface area contributed by atoms with Gasteiger partial charge in [-0.2, -0.15) is 0 Å². The van der Waals surface area contributed by atoms with Gasteiger partial charge in [0, 0.05) is 36.1 Å². The molecule has 132 valence electrons. The van der Waals surface area contributed by atoms with Crippen LogP contribution in [0.4, 0.5) is 15.8 Å². The molecule has 0 unspecified atom stereocenters. The molecule has 5 nitrogen and oxygen atoms in total. The number of aliphatic hydroxyl groups is 1.